The van der Waals surface area contributed by atoms with E-state index < -0.39 is 0 Å². The Morgan fingerprint density at radius 3 is 2.36 bits per heavy atom. The molecule has 0 unspecified atom stereocenters. The van der Waals surface area contributed by atoms with Crippen LogP contribution in [-0.4, -0.2) is 37.0 Å². The molecule has 0 saturated heterocycles. The average Bonchev–Trinajstić information content (AvgIpc) is 2.54. The molecule has 0 amide bonds. The van der Waals surface area contributed by atoms with Crippen LogP contribution >= 0.6 is 24.0 Å². The zero-order valence-corrected chi connectivity index (χ0v) is 17.5. The first kappa shape index (κ1) is 21.2. The van der Waals surface area contributed by atoms with E-state index in [0.717, 1.165) is 17.2 Å². The molecule has 0 heterocycles. The van der Waals surface area contributed by atoms with Crippen LogP contribution in [0.15, 0.2) is 59.6 Å². The van der Waals surface area contributed by atoms with E-state index >= 15 is 0 Å². The van der Waals surface area contributed by atoms with Crippen LogP contribution in [-0.2, 0) is 0 Å². The number of halogens is 1. The highest BCUT2D eigenvalue weighted by atomic mass is 127. The lowest BCUT2D eigenvalue weighted by molar-refractivity contribution is 0.205. The predicted molar refractivity (Wildman–Crippen MR) is 116 cm³/mol. The number of aliphatic imine (C=N–C) groups is 1. The summed E-state index contributed by atoms with van der Waals surface area (Å²) in [5, 5.41) is 3.11. The molecule has 0 atom stereocenters. The van der Waals surface area contributed by atoms with Gasteiger partial charge < -0.3 is 20.7 Å². The predicted octanol–water partition coefficient (Wildman–Crippen LogP) is 4.16. The minimum absolute atomic E-state index is 0. The first-order valence-corrected chi connectivity index (χ1v) is 7.94. The third-order valence-corrected chi connectivity index (χ3v) is 3.93. The number of hydrogen-bond acceptors (Lipinski definition) is 3. The fraction of sp³-hybridized carbons (Fsp3) is 0.316. The van der Waals surface area contributed by atoms with Crippen molar-refractivity contribution in [3.63, 3.8) is 0 Å². The standard InChI is InChI=1S/C19H26N4O.HI/c1-19(2,23(3)4)14-21-18(20)22-15-9-8-12-17(13-15)24-16-10-6-5-7-11-16;/h5-13H,14H2,1-4H3,(H3,20,21,22);1H. The second-order valence-electron chi connectivity index (χ2n) is 6.48. The Labute approximate surface area is 167 Å². The van der Waals surface area contributed by atoms with Gasteiger partial charge in [0.05, 0.1) is 6.54 Å². The molecule has 6 heteroatoms. The number of nitrogens with one attached hydrogen (secondary N) is 1. The van der Waals surface area contributed by atoms with Crippen LogP contribution in [0.25, 0.3) is 0 Å². The van der Waals surface area contributed by atoms with E-state index in [2.05, 4.69) is 29.1 Å². The summed E-state index contributed by atoms with van der Waals surface area (Å²) < 4.78 is 5.82. The van der Waals surface area contributed by atoms with E-state index in [1.165, 1.54) is 0 Å². The van der Waals surface area contributed by atoms with E-state index in [0.29, 0.717) is 12.5 Å². The van der Waals surface area contributed by atoms with Gasteiger partial charge in [0.2, 0.25) is 0 Å². The lowest BCUT2D eigenvalue weighted by Crippen LogP contribution is -2.41. The Morgan fingerprint density at radius 1 is 1.08 bits per heavy atom. The van der Waals surface area contributed by atoms with Gasteiger partial charge >= 0.3 is 0 Å². The van der Waals surface area contributed by atoms with E-state index in [9.17, 15) is 0 Å². The van der Waals surface area contributed by atoms with Crippen molar-refractivity contribution in [2.75, 3.05) is 26.0 Å². The third-order valence-electron chi connectivity index (χ3n) is 3.93. The van der Waals surface area contributed by atoms with Crippen molar-refractivity contribution in [3.8, 4) is 11.5 Å². The average molecular weight is 454 g/mol. The summed E-state index contributed by atoms with van der Waals surface area (Å²) in [6.45, 7) is 4.86. The Hall–Kier alpha value is -1.80. The van der Waals surface area contributed by atoms with Crippen molar-refractivity contribution >= 4 is 35.6 Å². The number of likely N-dealkylation sites (N-methyl/N-ethyl adjacent to an activating group) is 1. The van der Waals surface area contributed by atoms with Crippen LogP contribution in [0, 0.1) is 0 Å². The lowest BCUT2D eigenvalue weighted by atomic mass is 10.1. The first-order chi connectivity index (χ1) is 11.4. The number of benzene rings is 2. The summed E-state index contributed by atoms with van der Waals surface area (Å²) in [5.41, 5.74) is 6.78. The van der Waals surface area contributed by atoms with E-state index in [1.807, 2.05) is 68.7 Å². The smallest absolute Gasteiger partial charge is 0.193 e. The minimum atomic E-state index is -0.0510. The molecule has 25 heavy (non-hydrogen) atoms. The molecule has 2 aromatic carbocycles. The molecule has 3 N–H and O–H groups in total. The Morgan fingerprint density at radius 2 is 1.72 bits per heavy atom. The summed E-state index contributed by atoms with van der Waals surface area (Å²) in [7, 11) is 4.06. The van der Waals surface area contributed by atoms with Gasteiger partial charge in [0, 0.05) is 17.3 Å². The number of para-hydroxylation sites is 1. The molecule has 0 aromatic heterocycles. The van der Waals surface area contributed by atoms with Gasteiger partial charge in [-0.15, -0.1) is 24.0 Å². The SMILES string of the molecule is CN(C)C(C)(C)CN=C(N)Nc1cccc(Oc2ccccc2)c1.I. The van der Waals surface area contributed by atoms with Gasteiger partial charge in [-0.05, 0) is 52.2 Å². The molecule has 0 saturated carbocycles. The Kier molecular flexibility index (Phi) is 8.18. The molecule has 0 spiro atoms. The number of rotatable bonds is 6. The lowest BCUT2D eigenvalue weighted by Gasteiger charge is -2.30. The molecule has 136 valence electrons. The molecule has 5 nitrogen and oxygen atoms in total. The monoisotopic (exact) mass is 454 g/mol. The number of nitrogens with zero attached hydrogens (tertiary/aromatic N) is 2. The second kappa shape index (κ2) is 9.62. The number of ether oxygens (including phenoxy) is 1. The molecule has 0 aliphatic rings. The zero-order valence-electron chi connectivity index (χ0n) is 15.2. The molecular weight excluding hydrogens is 427 g/mol. The quantitative estimate of drug-likeness (QED) is 0.391. The fourth-order valence-electron chi connectivity index (χ4n) is 1.87. The van der Waals surface area contributed by atoms with Crippen molar-refractivity contribution in [1.29, 1.82) is 0 Å². The maximum Gasteiger partial charge on any atom is 0.193 e. The van der Waals surface area contributed by atoms with E-state index in [4.69, 9.17) is 10.5 Å². The number of guanidine groups is 1. The van der Waals surface area contributed by atoms with E-state index in [-0.39, 0.29) is 29.5 Å². The summed E-state index contributed by atoms with van der Waals surface area (Å²) >= 11 is 0. The maximum absolute atomic E-state index is 6.00. The number of anilines is 1. The maximum atomic E-state index is 6.00. The zero-order chi connectivity index (χ0) is 17.6. The summed E-state index contributed by atoms with van der Waals surface area (Å²) in [4.78, 5) is 6.55. The molecule has 0 aliphatic heterocycles. The van der Waals surface area contributed by atoms with Crippen LogP contribution in [0.1, 0.15) is 13.8 Å². The highest BCUT2D eigenvalue weighted by Crippen LogP contribution is 2.23. The van der Waals surface area contributed by atoms with E-state index in [1.54, 1.807) is 0 Å². The largest absolute Gasteiger partial charge is 0.457 e. The highest BCUT2D eigenvalue weighted by Gasteiger charge is 2.19. The van der Waals surface area contributed by atoms with Gasteiger partial charge in [0.15, 0.2) is 5.96 Å². The molecule has 2 aromatic rings. The number of hydrogen-bond donors (Lipinski definition) is 2. The third kappa shape index (κ3) is 6.91. The van der Waals surface area contributed by atoms with Crippen molar-refractivity contribution < 1.29 is 4.74 Å². The van der Waals surface area contributed by atoms with Crippen LogP contribution in [0.5, 0.6) is 11.5 Å². The van der Waals surface area contributed by atoms with Gasteiger partial charge in [-0.1, -0.05) is 24.3 Å². The molecule has 0 fully saturated rings. The number of nitrogens with two attached hydrogens (primary N) is 1. The Bertz CT molecular complexity index is 687. The van der Waals surface area contributed by atoms with Gasteiger partial charge in [0.25, 0.3) is 0 Å². The van der Waals surface area contributed by atoms with Crippen molar-refractivity contribution in [2.45, 2.75) is 19.4 Å². The van der Waals surface area contributed by atoms with Gasteiger partial charge in [-0.2, -0.15) is 0 Å². The molecule has 0 radical (unpaired) electrons. The Balaban J connectivity index is 0.00000312. The van der Waals surface area contributed by atoms with Crippen LogP contribution in [0.4, 0.5) is 5.69 Å². The van der Waals surface area contributed by atoms with Gasteiger partial charge in [-0.25, -0.2) is 0 Å². The van der Waals surface area contributed by atoms with Crippen LogP contribution < -0.4 is 15.8 Å². The first-order valence-electron chi connectivity index (χ1n) is 7.94. The summed E-state index contributed by atoms with van der Waals surface area (Å²) in [6, 6.07) is 17.3. The van der Waals surface area contributed by atoms with Crippen molar-refractivity contribution in [3.05, 3.63) is 54.6 Å². The van der Waals surface area contributed by atoms with Crippen molar-refractivity contribution in [2.24, 2.45) is 10.7 Å². The molecule has 0 aliphatic carbocycles. The normalized spacial score (nSPS) is 11.8. The van der Waals surface area contributed by atoms with Gasteiger partial charge in [-0.3, -0.25) is 4.99 Å². The molecule has 0 bridgehead atoms. The second-order valence-corrected chi connectivity index (χ2v) is 6.48. The fourth-order valence-corrected chi connectivity index (χ4v) is 1.87. The highest BCUT2D eigenvalue weighted by molar-refractivity contribution is 14.0. The summed E-state index contributed by atoms with van der Waals surface area (Å²) in [5.74, 6) is 1.93. The van der Waals surface area contributed by atoms with Crippen LogP contribution in [0.3, 0.4) is 0 Å². The van der Waals surface area contributed by atoms with Crippen LogP contribution in [0.2, 0.25) is 0 Å². The molecular formula is C19H27IN4O. The molecule has 2 rings (SSSR count). The summed E-state index contributed by atoms with van der Waals surface area (Å²) in [6.07, 6.45) is 0. The van der Waals surface area contributed by atoms with Crippen molar-refractivity contribution in [1.82, 2.24) is 4.90 Å². The topological polar surface area (TPSA) is 62.9 Å². The minimum Gasteiger partial charge on any atom is -0.457 e. The van der Waals surface area contributed by atoms with Gasteiger partial charge in [0.1, 0.15) is 11.5 Å².